The van der Waals surface area contributed by atoms with Crippen molar-refractivity contribution in [2.45, 2.75) is 43.4 Å². The molecule has 0 saturated carbocycles. The molecule has 102 valence electrons. The molecule has 0 heterocycles. The van der Waals surface area contributed by atoms with Crippen LogP contribution in [-0.4, -0.2) is 17.3 Å². The molecule has 19 heavy (non-hydrogen) atoms. The van der Waals surface area contributed by atoms with Crippen molar-refractivity contribution in [2.24, 2.45) is 0 Å². The summed E-state index contributed by atoms with van der Waals surface area (Å²) in [6.45, 7) is 9.93. The molecule has 0 aliphatic rings. The maximum atomic E-state index is 3.56. The van der Waals surface area contributed by atoms with E-state index in [9.17, 15) is 0 Å². The van der Waals surface area contributed by atoms with Crippen molar-refractivity contribution in [2.75, 3.05) is 6.54 Å². The summed E-state index contributed by atoms with van der Waals surface area (Å²) >= 11 is 1.94. The van der Waals surface area contributed by atoms with E-state index in [0.717, 1.165) is 6.54 Å². The van der Waals surface area contributed by atoms with Crippen LogP contribution in [0.25, 0.3) is 10.8 Å². The van der Waals surface area contributed by atoms with E-state index in [1.165, 1.54) is 15.7 Å². The van der Waals surface area contributed by atoms with Gasteiger partial charge in [-0.1, -0.05) is 37.3 Å². The third-order valence-electron chi connectivity index (χ3n) is 2.98. The van der Waals surface area contributed by atoms with E-state index < -0.39 is 0 Å². The Morgan fingerprint density at radius 3 is 2.42 bits per heavy atom. The van der Waals surface area contributed by atoms with Crippen LogP contribution >= 0.6 is 11.8 Å². The summed E-state index contributed by atoms with van der Waals surface area (Å²) in [4.78, 5) is 1.35. The summed E-state index contributed by atoms with van der Waals surface area (Å²) < 4.78 is 0. The van der Waals surface area contributed by atoms with Gasteiger partial charge in [0.1, 0.15) is 0 Å². The zero-order valence-corrected chi connectivity index (χ0v) is 13.1. The Hall–Kier alpha value is -0.990. The number of thioether (sulfide) groups is 1. The van der Waals surface area contributed by atoms with Gasteiger partial charge in [0.2, 0.25) is 0 Å². The van der Waals surface area contributed by atoms with Crippen molar-refractivity contribution in [3.8, 4) is 0 Å². The maximum Gasteiger partial charge on any atom is 0.0191 e. The van der Waals surface area contributed by atoms with Crippen molar-refractivity contribution >= 4 is 22.5 Å². The molecule has 0 bridgehead atoms. The smallest absolute Gasteiger partial charge is 0.0191 e. The molecule has 0 saturated heterocycles. The first-order valence-corrected chi connectivity index (χ1v) is 7.72. The van der Waals surface area contributed by atoms with Crippen LogP contribution in [0.5, 0.6) is 0 Å². The van der Waals surface area contributed by atoms with Gasteiger partial charge in [0.05, 0.1) is 0 Å². The van der Waals surface area contributed by atoms with Crippen LogP contribution in [0.4, 0.5) is 0 Å². The number of rotatable bonds is 4. The molecule has 2 aromatic rings. The number of hydrogen-bond donors (Lipinski definition) is 1. The van der Waals surface area contributed by atoms with Gasteiger partial charge in [-0.15, -0.1) is 11.8 Å². The van der Waals surface area contributed by atoms with Crippen LogP contribution in [0, 0.1) is 0 Å². The van der Waals surface area contributed by atoms with Crippen molar-refractivity contribution in [1.82, 2.24) is 5.32 Å². The van der Waals surface area contributed by atoms with Crippen LogP contribution in [0.1, 0.15) is 27.7 Å². The van der Waals surface area contributed by atoms with E-state index in [-0.39, 0.29) is 5.54 Å². The second-order valence-corrected chi connectivity index (χ2v) is 7.58. The first-order chi connectivity index (χ1) is 8.94. The summed E-state index contributed by atoms with van der Waals surface area (Å²) in [5.74, 6) is 0. The van der Waals surface area contributed by atoms with Gasteiger partial charge >= 0.3 is 0 Å². The summed E-state index contributed by atoms with van der Waals surface area (Å²) in [6.07, 6.45) is 0. The summed E-state index contributed by atoms with van der Waals surface area (Å²) in [5, 5.41) is 6.76. The lowest BCUT2D eigenvalue weighted by molar-refractivity contribution is 0.429. The van der Waals surface area contributed by atoms with Crippen LogP contribution in [-0.2, 0) is 0 Å². The second-order valence-electron chi connectivity index (χ2n) is 6.07. The summed E-state index contributed by atoms with van der Waals surface area (Å²) in [6, 6.07) is 15.2. The van der Waals surface area contributed by atoms with Crippen molar-refractivity contribution in [3.63, 3.8) is 0 Å². The average Bonchev–Trinajstić information content (AvgIpc) is 2.35. The van der Waals surface area contributed by atoms with Gasteiger partial charge in [0, 0.05) is 22.2 Å². The van der Waals surface area contributed by atoms with E-state index in [1.807, 2.05) is 11.8 Å². The lowest BCUT2D eigenvalue weighted by atomic mass is 10.1. The summed E-state index contributed by atoms with van der Waals surface area (Å²) in [7, 11) is 0. The molecule has 0 aliphatic carbocycles. The van der Waals surface area contributed by atoms with Crippen molar-refractivity contribution in [3.05, 3.63) is 42.5 Å². The lowest BCUT2D eigenvalue weighted by Gasteiger charge is -2.23. The van der Waals surface area contributed by atoms with Gasteiger partial charge in [-0.25, -0.2) is 0 Å². The van der Waals surface area contributed by atoms with Crippen LogP contribution in [0.3, 0.4) is 0 Å². The fourth-order valence-corrected chi connectivity index (χ4v) is 2.94. The highest BCUT2D eigenvalue weighted by Gasteiger charge is 2.11. The second kappa shape index (κ2) is 5.98. The molecule has 0 fully saturated rings. The minimum Gasteiger partial charge on any atom is -0.311 e. The molecule has 1 N–H and O–H groups in total. The highest BCUT2D eigenvalue weighted by Crippen LogP contribution is 2.26. The monoisotopic (exact) mass is 273 g/mol. The number of benzene rings is 2. The molecule has 0 aromatic heterocycles. The van der Waals surface area contributed by atoms with E-state index >= 15 is 0 Å². The molecular formula is C17H23NS. The molecule has 0 spiro atoms. The standard InChI is InChI=1S/C17H23NS/c1-13(12-18-17(2,3)4)19-16-10-9-14-7-5-6-8-15(14)11-16/h5-11,13,18H,12H2,1-4H3. The Bertz CT molecular complexity index is 542. The van der Waals surface area contributed by atoms with Gasteiger partial charge in [0.25, 0.3) is 0 Å². The Morgan fingerprint density at radius 2 is 1.74 bits per heavy atom. The Kier molecular flexibility index (Phi) is 4.54. The predicted molar refractivity (Wildman–Crippen MR) is 87.0 cm³/mol. The Labute approximate surface area is 120 Å². The molecule has 0 radical (unpaired) electrons. The van der Waals surface area contributed by atoms with Crippen LogP contribution < -0.4 is 5.32 Å². The first-order valence-electron chi connectivity index (χ1n) is 6.84. The third-order valence-corrected chi connectivity index (χ3v) is 4.07. The normalized spacial score (nSPS) is 13.7. The van der Waals surface area contributed by atoms with Crippen molar-refractivity contribution in [1.29, 1.82) is 0 Å². The topological polar surface area (TPSA) is 12.0 Å². The highest BCUT2D eigenvalue weighted by molar-refractivity contribution is 8.00. The summed E-state index contributed by atoms with van der Waals surface area (Å²) in [5.41, 5.74) is 0.193. The van der Waals surface area contributed by atoms with E-state index in [0.29, 0.717) is 5.25 Å². The number of hydrogen-bond acceptors (Lipinski definition) is 2. The Morgan fingerprint density at radius 1 is 1.05 bits per heavy atom. The van der Waals surface area contributed by atoms with Gasteiger partial charge < -0.3 is 5.32 Å². The molecule has 0 aliphatic heterocycles. The zero-order chi connectivity index (χ0) is 13.9. The number of fused-ring (bicyclic) bond motifs is 1. The molecule has 1 nitrogen and oxygen atoms in total. The molecule has 2 aromatic carbocycles. The van der Waals surface area contributed by atoms with E-state index in [1.54, 1.807) is 0 Å². The number of nitrogens with one attached hydrogen (secondary N) is 1. The maximum absolute atomic E-state index is 3.56. The SMILES string of the molecule is CC(CNC(C)(C)C)Sc1ccc2ccccc2c1. The molecule has 2 rings (SSSR count). The Balaban J connectivity index is 2.00. The lowest BCUT2D eigenvalue weighted by Crippen LogP contribution is -2.39. The highest BCUT2D eigenvalue weighted by atomic mass is 32.2. The van der Waals surface area contributed by atoms with E-state index in [2.05, 4.69) is 75.5 Å². The van der Waals surface area contributed by atoms with Gasteiger partial charge in [-0.2, -0.15) is 0 Å². The quantitative estimate of drug-likeness (QED) is 0.810. The fourth-order valence-electron chi connectivity index (χ4n) is 1.96. The fraction of sp³-hybridized carbons (Fsp3) is 0.412. The first kappa shape index (κ1) is 14.4. The minimum atomic E-state index is 0.193. The van der Waals surface area contributed by atoms with E-state index in [4.69, 9.17) is 0 Å². The van der Waals surface area contributed by atoms with Crippen LogP contribution in [0.2, 0.25) is 0 Å². The molecule has 1 unspecified atom stereocenters. The molecule has 2 heteroatoms. The average molecular weight is 273 g/mol. The third kappa shape index (κ3) is 4.55. The molecule has 1 atom stereocenters. The minimum absolute atomic E-state index is 0.193. The van der Waals surface area contributed by atoms with Gasteiger partial charge in [-0.3, -0.25) is 0 Å². The zero-order valence-electron chi connectivity index (χ0n) is 12.2. The van der Waals surface area contributed by atoms with Gasteiger partial charge in [0.15, 0.2) is 0 Å². The molecule has 0 amide bonds. The largest absolute Gasteiger partial charge is 0.311 e. The predicted octanol–water partition coefficient (Wildman–Crippen LogP) is 4.71. The van der Waals surface area contributed by atoms with Gasteiger partial charge in [-0.05, 0) is 43.7 Å². The molecular weight excluding hydrogens is 250 g/mol. The van der Waals surface area contributed by atoms with Crippen LogP contribution in [0.15, 0.2) is 47.4 Å². The van der Waals surface area contributed by atoms with Crippen molar-refractivity contribution < 1.29 is 0 Å².